The van der Waals surface area contributed by atoms with Crippen molar-refractivity contribution in [2.75, 3.05) is 20.3 Å². The fourth-order valence-corrected chi connectivity index (χ4v) is 3.15. The second-order valence-corrected chi connectivity index (χ2v) is 5.70. The van der Waals surface area contributed by atoms with Crippen LogP contribution in [0.3, 0.4) is 0 Å². The topological polar surface area (TPSA) is 107 Å². The van der Waals surface area contributed by atoms with Crippen LogP contribution in [0.5, 0.6) is 0 Å². The lowest BCUT2D eigenvalue weighted by Gasteiger charge is -2.33. The summed E-state index contributed by atoms with van der Waals surface area (Å²) in [6.45, 7) is 3.10. The molecule has 0 spiro atoms. The van der Waals surface area contributed by atoms with Crippen molar-refractivity contribution in [2.45, 2.75) is 31.6 Å². The standard InChI is InChI=1S/C13H23N7O/c1-16-12(18-15)13-17-10-4-20(5-11(10)19(13)2)9-3-8(14)6-21-7-9/h8-9H,3-7,14-15H2,1-2H3,(H,16,18)/t8?,9-/m1/s1. The molecule has 0 aliphatic carbocycles. The van der Waals surface area contributed by atoms with Crippen LogP contribution in [0.4, 0.5) is 0 Å². The Morgan fingerprint density at radius 1 is 1.43 bits per heavy atom. The smallest absolute Gasteiger partial charge is 0.179 e. The first-order valence-corrected chi connectivity index (χ1v) is 7.19. The number of nitrogens with two attached hydrogens (primary N) is 2. The highest BCUT2D eigenvalue weighted by Crippen LogP contribution is 2.27. The maximum Gasteiger partial charge on any atom is 0.179 e. The van der Waals surface area contributed by atoms with Crippen LogP contribution >= 0.6 is 0 Å². The van der Waals surface area contributed by atoms with Crippen LogP contribution < -0.4 is 17.0 Å². The summed E-state index contributed by atoms with van der Waals surface area (Å²) in [6.07, 6.45) is 0.979. The summed E-state index contributed by atoms with van der Waals surface area (Å²) in [6, 6.07) is 0.509. The van der Waals surface area contributed by atoms with Gasteiger partial charge < -0.3 is 20.5 Å². The summed E-state index contributed by atoms with van der Waals surface area (Å²) in [5, 5.41) is 0. The molecule has 1 saturated heterocycles. The Labute approximate surface area is 124 Å². The summed E-state index contributed by atoms with van der Waals surface area (Å²) in [5.41, 5.74) is 10.9. The van der Waals surface area contributed by atoms with Gasteiger partial charge in [0, 0.05) is 39.3 Å². The number of hydrogen-bond donors (Lipinski definition) is 3. The minimum atomic E-state index is 0.135. The molecule has 8 heteroatoms. The Kier molecular flexibility index (Phi) is 3.94. The molecule has 1 unspecified atom stereocenters. The van der Waals surface area contributed by atoms with Gasteiger partial charge in [-0.05, 0) is 6.42 Å². The second-order valence-electron chi connectivity index (χ2n) is 5.70. The first kappa shape index (κ1) is 14.5. The molecule has 21 heavy (non-hydrogen) atoms. The van der Waals surface area contributed by atoms with Crippen molar-refractivity contribution in [1.82, 2.24) is 19.9 Å². The molecule has 1 aromatic rings. The molecule has 0 saturated carbocycles. The number of amidine groups is 1. The maximum atomic E-state index is 5.99. The number of nitrogens with zero attached hydrogens (tertiary/aromatic N) is 4. The molecular formula is C13H23N7O. The zero-order valence-electron chi connectivity index (χ0n) is 12.5. The number of hydrogen-bond acceptors (Lipinski definition) is 6. The van der Waals surface area contributed by atoms with Gasteiger partial charge >= 0.3 is 0 Å². The lowest BCUT2D eigenvalue weighted by Crippen LogP contribution is -2.46. The van der Waals surface area contributed by atoms with Gasteiger partial charge in [-0.3, -0.25) is 9.89 Å². The third-order valence-corrected chi connectivity index (χ3v) is 4.31. The molecule has 0 amide bonds. The highest BCUT2D eigenvalue weighted by atomic mass is 16.5. The Balaban J connectivity index is 1.77. The predicted molar refractivity (Wildman–Crippen MR) is 79.4 cm³/mol. The molecule has 0 radical (unpaired) electrons. The summed E-state index contributed by atoms with van der Waals surface area (Å²) in [5.74, 6) is 6.87. The van der Waals surface area contributed by atoms with Crippen molar-refractivity contribution in [3.63, 3.8) is 0 Å². The zero-order chi connectivity index (χ0) is 15.0. The first-order valence-electron chi connectivity index (χ1n) is 7.19. The summed E-state index contributed by atoms with van der Waals surface area (Å²) < 4.78 is 7.63. The number of fused-ring (bicyclic) bond motifs is 1. The largest absolute Gasteiger partial charge is 0.378 e. The number of aromatic nitrogens is 2. The number of hydrazine groups is 1. The summed E-state index contributed by atoms with van der Waals surface area (Å²) in [7, 11) is 3.69. The summed E-state index contributed by atoms with van der Waals surface area (Å²) in [4.78, 5) is 11.2. The van der Waals surface area contributed by atoms with Gasteiger partial charge in [0.2, 0.25) is 0 Å². The molecule has 2 atom stereocenters. The molecule has 116 valence electrons. The lowest BCUT2D eigenvalue weighted by atomic mass is 10.1. The van der Waals surface area contributed by atoms with Crippen LogP contribution in [0.2, 0.25) is 0 Å². The van der Waals surface area contributed by atoms with Gasteiger partial charge in [-0.15, -0.1) is 0 Å². The quantitative estimate of drug-likeness (QED) is 0.271. The van der Waals surface area contributed by atoms with Gasteiger partial charge in [-0.2, -0.15) is 0 Å². The van der Waals surface area contributed by atoms with Gasteiger partial charge in [0.1, 0.15) is 0 Å². The number of aliphatic imine (C=N–C) groups is 1. The molecule has 2 aliphatic heterocycles. The summed E-state index contributed by atoms with van der Waals surface area (Å²) >= 11 is 0. The highest BCUT2D eigenvalue weighted by molar-refractivity contribution is 5.95. The van der Waals surface area contributed by atoms with Crippen molar-refractivity contribution in [3.8, 4) is 0 Å². The number of rotatable bonds is 2. The average molecular weight is 293 g/mol. The van der Waals surface area contributed by atoms with E-state index in [2.05, 4.69) is 24.9 Å². The van der Waals surface area contributed by atoms with E-state index in [0.717, 1.165) is 37.6 Å². The van der Waals surface area contributed by atoms with Gasteiger partial charge in [0.25, 0.3) is 0 Å². The van der Waals surface area contributed by atoms with Crippen molar-refractivity contribution in [1.29, 1.82) is 0 Å². The Morgan fingerprint density at radius 3 is 2.86 bits per heavy atom. The zero-order valence-corrected chi connectivity index (χ0v) is 12.5. The van der Waals surface area contributed by atoms with E-state index < -0.39 is 0 Å². The Bertz CT molecular complexity index is 553. The van der Waals surface area contributed by atoms with E-state index in [1.54, 1.807) is 7.05 Å². The fraction of sp³-hybridized carbons (Fsp3) is 0.692. The number of imidazole rings is 1. The van der Waals surface area contributed by atoms with Gasteiger partial charge in [0.15, 0.2) is 11.7 Å². The lowest BCUT2D eigenvalue weighted by molar-refractivity contribution is 0.00475. The fourth-order valence-electron chi connectivity index (χ4n) is 3.15. The van der Waals surface area contributed by atoms with Crippen LogP contribution in [-0.2, 0) is 24.9 Å². The Hall–Kier alpha value is -1.48. The second kappa shape index (κ2) is 5.72. The van der Waals surface area contributed by atoms with Gasteiger partial charge in [0.05, 0.1) is 24.6 Å². The average Bonchev–Trinajstić information content (AvgIpc) is 3.02. The normalized spacial score (nSPS) is 27.0. The highest BCUT2D eigenvalue weighted by Gasteiger charge is 2.33. The molecule has 8 nitrogen and oxygen atoms in total. The van der Waals surface area contributed by atoms with Crippen LogP contribution in [0.25, 0.3) is 0 Å². The van der Waals surface area contributed by atoms with E-state index in [0.29, 0.717) is 18.5 Å². The molecule has 0 aromatic carbocycles. The maximum absolute atomic E-state index is 5.99. The molecule has 5 N–H and O–H groups in total. The third kappa shape index (κ3) is 2.55. The molecule has 0 bridgehead atoms. The van der Waals surface area contributed by atoms with E-state index in [4.69, 9.17) is 16.3 Å². The molecule has 3 rings (SSSR count). The van der Waals surface area contributed by atoms with Gasteiger partial charge in [-0.1, -0.05) is 0 Å². The first-order chi connectivity index (χ1) is 10.1. The van der Waals surface area contributed by atoms with Crippen LogP contribution in [0.15, 0.2) is 4.99 Å². The van der Waals surface area contributed by atoms with E-state index in [1.807, 2.05) is 7.05 Å². The molecule has 1 aromatic heterocycles. The van der Waals surface area contributed by atoms with E-state index in [9.17, 15) is 0 Å². The number of nitrogens with one attached hydrogen (secondary N) is 1. The number of ether oxygens (including phenoxy) is 1. The Morgan fingerprint density at radius 2 is 2.24 bits per heavy atom. The monoisotopic (exact) mass is 293 g/mol. The molecule has 1 fully saturated rings. The van der Waals surface area contributed by atoms with Crippen LogP contribution in [0, 0.1) is 0 Å². The van der Waals surface area contributed by atoms with Crippen LogP contribution in [0.1, 0.15) is 23.6 Å². The van der Waals surface area contributed by atoms with Crippen molar-refractivity contribution in [2.24, 2.45) is 23.6 Å². The van der Waals surface area contributed by atoms with Crippen LogP contribution in [-0.4, -0.2) is 52.6 Å². The van der Waals surface area contributed by atoms with E-state index >= 15 is 0 Å². The van der Waals surface area contributed by atoms with Gasteiger partial charge in [-0.25, -0.2) is 10.8 Å². The van der Waals surface area contributed by atoms with E-state index in [-0.39, 0.29) is 6.04 Å². The van der Waals surface area contributed by atoms with E-state index in [1.165, 1.54) is 5.69 Å². The minimum Gasteiger partial charge on any atom is -0.378 e. The predicted octanol–water partition coefficient (Wildman–Crippen LogP) is -1.31. The SMILES string of the molecule is CN=C(NN)c1nc2c(n1C)CN([C@H]1COCC(N)C1)C2. The molecule has 2 aliphatic rings. The van der Waals surface area contributed by atoms with Crippen molar-refractivity contribution in [3.05, 3.63) is 17.2 Å². The van der Waals surface area contributed by atoms with Crippen molar-refractivity contribution < 1.29 is 4.74 Å². The molecule has 3 heterocycles. The minimum absolute atomic E-state index is 0.135. The molecular weight excluding hydrogens is 270 g/mol. The third-order valence-electron chi connectivity index (χ3n) is 4.31. The van der Waals surface area contributed by atoms with Crippen molar-refractivity contribution >= 4 is 5.84 Å².